The van der Waals surface area contributed by atoms with Crippen molar-refractivity contribution in [3.8, 4) is 0 Å². The van der Waals surface area contributed by atoms with E-state index in [4.69, 9.17) is 14.2 Å². The molecule has 0 spiro atoms. The number of alkyl carbamates (subject to hydrolysis) is 1. The molecule has 0 saturated heterocycles. The number of allylic oxidation sites excluding steroid dienone is 6. The summed E-state index contributed by atoms with van der Waals surface area (Å²) in [6, 6.07) is 17.4. The number of rotatable bonds is 16. The number of ether oxygens (including phenoxy) is 3. The summed E-state index contributed by atoms with van der Waals surface area (Å²) in [5.41, 5.74) is 7.01. The molecule has 2 amide bonds. The molecule has 2 aromatic rings. The SMILES string of the molecule is C[N+]1=C(C=CC=C2N(CC3CC3(C)C(=O)NCCOCCOCCNC(=O)OCC3[C@H]4CC/C=C\CC[C@@H]34)c3ccccc3C2(C)C)C(C)(C)c2ccccc21. The van der Waals surface area contributed by atoms with E-state index in [0.717, 1.165) is 25.8 Å². The van der Waals surface area contributed by atoms with E-state index in [0.29, 0.717) is 63.9 Å². The quantitative estimate of drug-likeness (QED) is 0.103. The lowest BCUT2D eigenvalue weighted by molar-refractivity contribution is -0.401. The van der Waals surface area contributed by atoms with E-state index < -0.39 is 5.41 Å². The Labute approximate surface area is 334 Å². The highest BCUT2D eigenvalue weighted by molar-refractivity contribution is 6.03. The van der Waals surface area contributed by atoms with E-state index in [-0.39, 0.29) is 28.7 Å². The van der Waals surface area contributed by atoms with Crippen molar-refractivity contribution in [2.75, 3.05) is 64.6 Å². The van der Waals surface area contributed by atoms with Crippen molar-refractivity contribution in [1.29, 1.82) is 0 Å². The highest BCUT2D eigenvalue weighted by Gasteiger charge is 2.57. The van der Waals surface area contributed by atoms with Gasteiger partial charge in [0.05, 0.1) is 43.9 Å². The topological polar surface area (TPSA) is 92.1 Å². The summed E-state index contributed by atoms with van der Waals surface area (Å²) in [5, 5.41) is 5.90. The molecule has 2 N–H and O–H groups in total. The van der Waals surface area contributed by atoms with Crippen molar-refractivity contribution < 1.29 is 28.4 Å². The Hall–Kier alpha value is -4.21. The number of nitrogens with zero attached hydrogens (tertiary/aromatic N) is 2. The average molecular weight is 764 g/mol. The van der Waals surface area contributed by atoms with Crippen molar-refractivity contribution in [3.05, 3.63) is 95.7 Å². The van der Waals surface area contributed by atoms with E-state index in [2.05, 4.69) is 141 Å². The molecule has 56 heavy (non-hydrogen) atoms. The molecule has 5 aliphatic rings. The Balaban J connectivity index is 0.819. The summed E-state index contributed by atoms with van der Waals surface area (Å²) in [6.07, 6.45) is 16.5. The van der Waals surface area contributed by atoms with Gasteiger partial charge in [-0.1, -0.05) is 75.4 Å². The first kappa shape index (κ1) is 40.0. The van der Waals surface area contributed by atoms with E-state index in [1.807, 2.05) is 0 Å². The van der Waals surface area contributed by atoms with Crippen LogP contribution < -0.4 is 15.5 Å². The highest BCUT2D eigenvalue weighted by atomic mass is 16.6. The Morgan fingerprint density at radius 3 is 2.18 bits per heavy atom. The zero-order chi connectivity index (χ0) is 39.5. The van der Waals surface area contributed by atoms with Crippen LogP contribution in [0.2, 0.25) is 0 Å². The fourth-order valence-electron chi connectivity index (χ4n) is 9.74. The number of benzene rings is 2. The Morgan fingerprint density at radius 2 is 1.48 bits per heavy atom. The lowest BCUT2D eigenvalue weighted by Gasteiger charge is -2.28. The molecule has 9 heteroatoms. The Kier molecular flexibility index (Phi) is 11.9. The first-order valence-electron chi connectivity index (χ1n) is 20.9. The van der Waals surface area contributed by atoms with E-state index in [1.165, 1.54) is 46.8 Å². The van der Waals surface area contributed by atoms with Crippen LogP contribution in [0, 0.1) is 29.1 Å². The summed E-state index contributed by atoms with van der Waals surface area (Å²) >= 11 is 0. The van der Waals surface area contributed by atoms with Crippen LogP contribution in [0.4, 0.5) is 16.2 Å². The van der Waals surface area contributed by atoms with Gasteiger partial charge in [0.1, 0.15) is 7.05 Å². The summed E-state index contributed by atoms with van der Waals surface area (Å²) in [7, 11) is 2.16. The monoisotopic (exact) mass is 763 g/mol. The van der Waals surface area contributed by atoms with E-state index in [9.17, 15) is 9.59 Å². The number of para-hydroxylation sites is 2. The molecular weight excluding hydrogens is 701 g/mol. The number of hydrogen-bond donors (Lipinski definition) is 2. The lowest BCUT2D eigenvalue weighted by Crippen LogP contribution is -2.36. The van der Waals surface area contributed by atoms with Gasteiger partial charge < -0.3 is 29.7 Å². The summed E-state index contributed by atoms with van der Waals surface area (Å²) in [6.45, 7) is 15.1. The fourth-order valence-corrected chi connectivity index (χ4v) is 9.74. The maximum Gasteiger partial charge on any atom is 0.407 e. The second-order valence-corrected chi connectivity index (χ2v) is 17.7. The van der Waals surface area contributed by atoms with Crippen LogP contribution in [0.15, 0.2) is 84.6 Å². The van der Waals surface area contributed by atoms with Crippen LogP contribution in [0.25, 0.3) is 0 Å². The number of carbonyl (C=O) groups is 2. The minimum Gasteiger partial charge on any atom is -0.449 e. The van der Waals surface area contributed by atoms with Crippen molar-refractivity contribution in [2.24, 2.45) is 29.1 Å². The molecule has 0 radical (unpaired) electrons. The smallest absolute Gasteiger partial charge is 0.407 e. The predicted molar refractivity (Wildman–Crippen MR) is 223 cm³/mol. The van der Waals surface area contributed by atoms with Crippen molar-refractivity contribution in [1.82, 2.24) is 10.6 Å². The van der Waals surface area contributed by atoms with Crippen LogP contribution in [-0.2, 0) is 29.8 Å². The number of amides is 2. The first-order valence-corrected chi connectivity index (χ1v) is 20.9. The zero-order valence-corrected chi connectivity index (χ0v) is 34.4. The van der Waals surface area contributed by atoms with Crippen molar-refractivity contribution in [2.45, 2.75) is 77.6 Å². The minimum atomic E-state index is -0.412. The van der Waals surface area contributed by atoms with E-state index in [1.54, 1.807) is 0 Å². The first-order chi connectivity index (χ1) is 26.9. The van der Waals surface area contributed by atoms with Crippen molar-refractivity contribution in [3.63, 3.8) is 0 Å². The van der Waals surface area contributed by atoms with Crippen LogP contribution in [0.3, 0.4) is 0 Å². The number of carbonyl (C=O) groups excluding carboxylic acids is 2. The maximum absolute atomic E-state index is 13.4. The third-order valence-electron chi connectivity index (χ3n) is 13.4. The van der Waals surface area contributed by atoms with Crippen LogP contribution >= 0.6 is 0 Å². The van der Waals surface area contributed by atoms with Crippen LogP contribution in [0.5, 0.6) is 0 Å². The largest absolute Gasteiger partial charge is 0.449 e. The average Bonchev–Trinajstić information content (AvgIpc) is 4.00. The zero-order valence-electron chi connectivity index (χ0n) is 34.4. The second kappa shape index (κ2) is 16.7. The Bertz CT molecular complexity index is 1880. The minimum absolute atomic E-state index is 0.0853. The van der Waals surface area contributed by atoms with Crippen LogP contribution in [0.1, 0.15) is 77.8 Å². The molecule has 0 aromatic heterocycles. The number of anilines is 1. The molecule has 2 aliphatic heterocycles. The third kappa shape index (κ3) is 8.26. The Morgan fingerprint density at radius 1 is 0.839 bits per heavy atom. The number of hydrogen-bond acceptors (Lipinski definition) is 6. The van der Waals surface area contributed by atoms with Crippen molar-refractivity contribution >= 4 is 29.1 Å². The summed E-state index contributed by atoms with van der Waals surface area (Å²) in [5.74, 6) is 2.28. The third-order valence-corrected chi connectivity index (χ3v) is 13.4. The molecule has 3 aliphatic carbocycles. The van der Waals surface area contributed by atoms with Gasteiger partial charge in [-0.05, 0) is 87.3 Å². The van der Waals surface area contributed by atoms with Crippen LogP contribution in [-0.4, -0.2) is 82.0 Å². The second-order valence-electron chi connectivity index (χ2n) is 17.7. The van der Waals surface area contributed by atoms with Gasteiger partial charge in [0, 0.05) is 54.1 Å². The molecule has 9 nitrogen and oxygen atoms in total. The molecule has 2 saturated carbocycles. The standard InChI is InChI=1S/C47H62N4O5/c1-45(2)37-18-11-13-20-39(37)50(6)41(45)22-15-23-42-46(3,4)38-19-12-14-21-40(38)51(42)31-33-30-47(33,5)43(52)48-24-26-54-28-29-55-27-25-49-44(53)56-32-36-34-16-9-7-8-10-17-35(34)36/h7-8,11-15,18-23,33-36H,9-10,16-17,24-32H2,1-6H3,(H-,48,49,52,53)/p+1/b8-7-/t33?,34-,35+,36?,47?. The molecule has 2 heterocycles. The molecule has 0 bridgehead atoms. The number of fused-ring (bicyclic) bond motifs is 3. The van der Waals surface area contributed by atoms with Gasteiger partial charge in [-0.3, -0.25) is 4.79 Å². The van der Waals surface area contributed by atoms with Gasteiger partial charge in [-0.25, -0.2) is 4.79 Å². The molecule has 5 atom stereocenters. The lowest BCUT2D eigenvalue weighted by atomic mass is 9.81. The fraction of sp³-hybridized carbons (Fsp3) is 0.553. The van der Waals surface area contributed by atoms with E-state index >= 15 is 0 Å². The molecular formula is C47H63N4O5+. The molecule has 3 unspecified atom stereocenters. The van der Waals surface area contributed by atoms with Gasteiger partial charge in [0.15, 0.2) is 5.71 Å². The van der Waals surface area contributed by atoms with Gasteiger partial charge in [0.25, 0.3) is 0 Å². The maximum atomic E-state index is 13.4. The molecule has 2 fully saturated rings. The van der Waals surface area contributed by atoms with Gasteiger partial charge in [-0.2, -0.15) is 4.58 Å². The van der Waals surface area contributed by atoms with Gasteiger partial charge in [0.2, 0.25) is 11.6 Å². The summed E-state index contributed by atoms with van der Waals surface area (Å²) < 4.78 is 19.1. The number of nitrogens with one attached hydrogen (secondary N) is 2. The van der Waals surface area contributed by atoms with Gasteiger partial charge in [-0.15, -0.1) is 0 Å². The molecule has 2 aromatic carbocycles. The van der Waals surface area contributed by atoms with Gasteiger partial charge >= 0.3 is 6.09 Å². The normalized spacial score (nSPS) is 28.0. The molecule has 7 rings (SSSR count). The highest BCUT2D eigenvalue weighted by Crippen LogP contribution is 2.56. The summed E-state index contributed by atoms with van der Waals surface area (Å²) in [4.78, 5) is 28.0. The molecule has 300 valence electrons. The predicted octanol–water partition coefficient (Wildman–Crippen LogP) is 7.82.